The molecule has 0 heterocycles. The summed E-state index contributed by atoms with van der Waals surface area (Å²) in [6, 6.07) is 7.04. The zero-order valence-corrected chi connectivity index (χ0v) is 23.5. The van der Waals surface area contributed by atoms with Crippen LogP contribution in [0, 0.1) is 0 Å². The Labute approximate surface area is 227 Å². The molecule has 1 aromatic carbocycles. The second-order valence-electron chi connectivity index (χ2n) is 11.1. The Morgan fingerprint density at radius 1 is 1.03 bits per heavy atom. The molecule has 1 saturated carbocycles. The van der Waals surface area contributed by atoms with Crippen LogP contribution in [0.2, 0.25) is 0 Å². The summed E-state index contributed by atoms with van der Waals surface area (Å²) in [4.78, 5) is 53.8. The highest BCUT2D eigenvalue weighted by molar-refractivity contribution is 5.94. The minimum Gasteiger partial charge on any atom is -0.444 e. The van der Waals surface area contributed by atoms with E-state index in [0.717, 1.165) is 51.4 Å². The zero-order chi connectivity index (χ0) is 28.1. The van der Waals surface area contributed by atoms with Gasteiger partial charge < -0.3 is 26.0 Å². The summed E-state index contributed by atoms with van der Waals surface area (Å²) in [5, 5.41) is 5.70. The van der Waals surface area contributed by atoms with Crippen LogP contribution in [0.3, 0.4) is 0 Å². The van der Waals surface area contributed by atoms with Crippen molar-refractivity contribution >= 4 is 23.8 Å². The van der Waals surface area contributed by atoms with E-state index in [1.54, 1.807) is 20.8 Å². The van der Waals surface area contributed by atoms with Crippen LogP contribution in [-0.4, -0.2) is 52.9 Å². The molecule has 1 fully saturated rings. The van der Waals surface area contributed by atoms with Gasteiger partial charge in [-0.05, 0) is 45.6 Å². The van der Waals surface area contributed by atoms with Crippen LogP contribution in [0.25, 0.3) is 0 Å². The van der Waals surface area contributed by atoms with Crippen molar-refractivity contribution in [3.63, 3.8) is 0 Å². The molecule has 0 aromatic heterocycles. The quantitative estimate of drug-likeness (QED) is 0.326. The first kappa shape index (κ1) is 31.1. The Hall–Kier alpha value is -3.10. The molecular weight excluding hydrogens is 484 g/mol. The Bertz CT molecular complexity index is 909. The van der Waals surface area contributed by atoms with E-state index in [1.807, 2.05) is 30.3 Å². The zero-order valence-electron chi connectivity index (χ0n) is 23.5. The number of ether oxygens (including phenoxy) is 1. The topological polar surface area (TPSA) is 131 Å². The molecule has 0 bridgehead atoms. The third kappa shape index (κ3) is 10.7. The molecule has 0 radical (unpaired) electrons. The third-order valence-electron chi connectivity index (χ3n) is 6.56. The SMILES string of the molecule is CCCCCCN(C(=O)C(CC(N)=O)NC(=O)OC(C)(C)C)C(C(=O)NC1CCCCC1)c1ccccc1. The number of nitrogens with zero attached hydrogens (tertiary/aromatic N) is 1. The van der Waals surface area contributed by atoms with E-state index in [-0.39, 0.29) is 11.9 Å². The van der Waals surface area contributed by atoms with Crippen LogP contribution < -0.4 is 16.4 Å². The average Bonchev–Trinajstić information content (AvgIpc) is 2.84. The van der Waals surface area contributed by atoms with Gasteiger partial charge in [-0.2, -0.15) is 0 Å². The number of hydrogen-bond acceptors (Lipinski definition) is 5. The van der Waals surface area contributed by atoms with Crippen molar-refractivity contribution in [2.24, 2.45) is 5.73 Å². The second-order valence-corrected chi connectivity index (χ2v) is 11.1. The molecule has 4 amide bonds. The first-order valence-electron chi connectivity index (χ1n) is 14.0. The first-order valence-corrected chi connectivity index (χ1v) is 14.0. The van der Waals surface area contributed by atoms with E-state index in [0.29, 0.717) is 18.5 Å². The first-order chi connectivity index (χ1) is 18.0. The highest BCUT2D eigenvalue weighted by Crippen LogP contribution is 2.26. The fraction of sp³-hybridized carbons (Fsp3) is 0.655. The lowest BCUT2D eigenvalue weighted by molar-refractivity contribution is -0.143. The van der Waals surface area contributed by atoms with Gasteiger partial charge in [0.2, 0.25) is 17.7 Å². The van der Waals surface area contributed by atoms with Crippen molar-refractivity contribution in [2.75, 3.05) is 6.54 Å². The number of nitrogens with one attached hydrogen (secondary N) is 2. The van der Waals surface area contributed by atoms with Crippen molar-refractivity contribution in [1.82, 2.24) is 15.5 Å². The Morgan fingerprint density at radius 3 is 2.26 bits per heavy atom. The van der Waals surface area contributed by atoms with Gasteiger partial charge >= 0.3 is 6.09 Å². The van der Waals surface area contributed by atoms with E-state index < -0.39 is 42.0 Å². The fourth-order valence-corrected chi connectivity index (χ4v) is 4.76. The number of hydrogen-bond donors (Lipinski definition) is 3. The number of amides is 4. The van der Waals surface area contributed by atoms with E-state index in [2.05, 4.69) is 17.6 Å². The molecule has 2 rings (SSSR count). The van der Waals surface area contributed by atoms with E-state index >= 15 is 0 Å². The van der Waals surface area contributed by atoms with Crippen LogP contribution in [0.4, 0.5) is 4.79 Å². The Morgan fingerprint density at radius 2 is 1.68 bits per heavy atom. The maximum atomic E-state index is 14.0. The van der Waals surface area contributed by atoms with Gasteiger partial charge in [0, 0.05) is 12.6 Å². The Kier molecular flexibility index (Phi) is 12.6. The summed E-state index contributed by atoms with van der Waals surface area (Å²) in [6.07, 6.45) is 7.41. The molecule has 212 valence electrons. The molecule has 1 aromatic rings. The van der Waals surface area contributed by atoms with Crippen molar-refractivity contribution in [2.45, 2.75) is 116 Å². The second kappa shape index (κ2) is 15.3. The van der Waals surface area contributed by atoms with Crippen molar-refractivity contribution in [3.05, 3.63) is 35.9 Å². The molecule has 9 nitrogen and oxygen atoms in total. The van der Waals surface area contributed by atoms with Crippen LogP contribution in [-0.2, 0) is 19.1 Å². The molecule has 38 heavy (non-hydrogen) atoms. The van der Waals surface area contributed by atoms with Crippen molar-refractivity contribution < 1.29 is 23.9 Å². The smallest absolute Gasteiger partial charge is 0.408 e. The van der Waals surface area contributed by atoms with Crippen LogP contribution in [0.1, 0.15) is 104 Å². The number of nitrogens with two attached hydrogens (primary N) is 1. The molecule has 0 saturated heterocycles. The van der Waals surface area contributed by atoms with Crippen LogP contribution in [0.5, 0.6) is 0 Å². The summed E-state index contributed by atoms with van der Waals surface area (Å²) in [6.45, 7) is 7.51. The summed E-state index contributed by atoms with van der Waals surface area (Å²) >= 11 is 0. The molecule has 2 unspecified atom stereocenters. The van der Waals surface area contributed by atoms with E-state index in [9.17, 15) is 19.2 Å². The van der Waals surface area contributed by atoms with Crippen molar-refractivity contribution in [1.29, 1.82) is 0 Å². The molecule has 9 heteroatoms. The lowest BCUT2D eigenvalue weighted by atomic mass is 9.94. The fourth-order valence-electron chi connectivity index (χ4n) is 4.76. The van der Waals surface area contributed by atoms with E-state index in [4.69, 9.17) is 10.5 Å². The van der Waals surface area contributed by atoms with Gasteiger partial charge in [-0.3, -0.25) is 14.4 Å². The number of alkyl carbamates (subject to hydrolysis) is 1. The normalized spacial score (nSPS) is 15.7. The standard InChI is InChI=1S/C29H46N4O5/c1-5-6-7-14-19-33(27(36)23(20-24(30)34)32-28(37)38-29(2,3)4)25(21-15-10-8-11-16-21)26(35)31-22-17-12-9-13-18-22/h8,10-11,15-16,22-23,25H,5-7,9,12-14,17-20H2,1-4H3,(H2,30,34)(H,31,35)(H,32,37). The van der Waals surface area contributed by atoms with Gasteiger partial charge in [0.1, 0.15) is 17.7 Å². The number of primary amides is 1. The molecule has 1 aliphatic carbocycles. The van der Waals surface area contributed by atoms with Crippen molar-refractivity contribution in [3.8, 4) is 0 Å². The number of rotatable bonds is 13. The molecule has 4 N–H and O–H groups in total. The number of carbonyl (C=O) groups excluding carboxylic acids is 4. The predicted octanol–water partition coefficient (Wildman–Crippen LogP) is 4.35. The van der Waals surface area contributed by atoms with Gasteiger partial charge in [-0.1, -0.05) is 75.8 Å². The van der Waals surface area contributed by atoms with Gasteiger partial charge in [-0.25, -0.2) is 4.79 Å². The number of benzene rings is 1. The van der Waals surface area contributed by atoms with Gasteiger partial charge in [0.05, 0.1) is 6.42 Å². The molecule has 0 aliphatic heterocycles. The third-order valence-corrected chi connectivity index (χ3v) is 6.56. The maximum Gasteiger partial charge on any atom is 0.408 e. The minimum atomic E-state index is -1.26. The summed E-state index contributed by atoms with van der Waals surface area (Å²) in [5.41, 5.74) is 5.34. The van der Waals surface area contributed by atoms with Gasteiger partial charge in [0.25, 0.3) is 0 Å². The maximum absolute atomic E-state index is 14.0. The molecular formula is C29H46N4O5. The highest BCUT2D eigenvalue weighted by atomic mass is 16.6. The predicted molar refractivity (Wildman–Crippen MR) is 147 cm³/mol. The largest absolute Gasteiger partial charge is 0.444 e. The lowest BCUT2D eigenvalue weighted by Crippen LogP contribution is -2.55. The molecule has 2 atom stereocenters. The monoisotopic (exact) mass is 530 g/mol. The number of carbonyl (C=O) groups is 4. The van der Waals surface area contributed by atoms with Crippen LogP contribution >= 0.6 is 0 Å². The highest BCUT2D eigenvalue weighted by Gasteiger charge is 2.37. The Balaban J connectivity index is 2.42. The minimum absolute atomic E-state index is 0.0563. The average molecular weight is 531 g/mol. The molecule has 1 aliphatic rings. The van der Waals surface area contributed by atoms with E-state index in [1.165, 1.54) is 4.90 Å². The number of unbranched alkanes of at least 4 members (excludes halogenated alkanes) is 3. The molecule has 0 spiro atoms. The summed E-state index contributed by atoms with van der Waals surface area (Å²) in [7, 11) is 0. The lowest BCUT2D eigenvalue weighted by Gasteiger charge is -2.35. The van der Waals surface area contributed by atoms with Crippen LogP contribution in [0.15, 0.2) is 30.3 Å². The summed E-state index contributed by atoms with van der Waals surface area (Å²) < 4.78 is 5.33. The van der Waals surface area contributed by atoms with Gasteiger partial charge in [-0.15, -0.1) is 0 Å². The van der Waals surface area contributed by atoms with Gasteiger partial charge in [0.15, 0.2) is 0 Å². The summed E-state index contributed by atoms with van der Waals surface area (Å²) in [5.74, 6) is -1.55.